The number of rotatable bonds is 11. The van der Waals surface area contributed by atoms with Gasteiger partial charge in [0.2, 0.25) is 0 Å². The molecule has 0 aliphatic rings. The molecule has 10 aromatic rings. The molecule has 0 aliphatic heterocycles. The summed E-state index contributed by atoms with van der Waals surface area (Å²) in [6, 6.07) is 68.2. The normalized spacial score (nSPS) is 12.5. The summed E-state index contributed by atoms with van der Waals surface area (Å²) in [6.07, 6.45) is 7.93. The first-order chi connectivity index (χ1) is 34.2. The van der Waals surface area contributed by atoms with Gasteiger partial charge in [-0.15, -0.1) is 29.7 Å². The van der Waals surface area contributed by atoms with Crippen molar-refractivity contribution in [1.82, 2.24) is 14.1 Å². The molecule has 7 aromatic carbocycles. The van der Waals surface area contributed by atoms with Crippen LogP contribution in [0.25, 0.3) is 39.0 Å². The van der Waals surface area contributed by atoms with Gasteiger partial charge < -0.3 is 13.9 Å². The molecular formula is C67H66N4OPt-2. The smallest absolute Gasteiger partial charge is 0.267 e. The Kier molecular flexibility index (Phi) is 13.5. The number of pyridine rings is 1. The van der Waals surface area contributed by atoms with Crippen LogP contribution in [0.15, 0.2) is 182 Å². The van der Waals surface area contributed by atoms with Crippen molar-refractivity contribution < 1.29 is 30.4 Å². The third kappa shape index (κ3) is 9.77. The zero-order chi connectivity index (χ0) is 50.8. The molecule has 0 spiro atoms. The Bertz CT molecular complexity index is 3520. The molecule has 0 aliphatic carbocycles. The van der Waals surface area contributed by atoms with Gasteiger partial charge >= 0.3 is 0 Å². The molecule has 0 saturated heterocycles. The summed E-state index contributed by atoms with van der Waals surface area (Å²) in [5, 5.41) is 2.22. The van der Waals surface area contributed by atoms with Crippen LogP contribution in [0.2, 0.25) is 0 Å². The van der Waals surface area contributed by atoms with Crippen LogP contribution in [0.3, 0.4) is 0 Å². The van der Waals surface area contributed by atoms with E-state index in [4.69, 9.17) is 9.72 Å². The third-order valence-electron chi connectivity index (χ3n) is 15.0. The average molecular weight is 1140 g/mol. The molecule has 6 heteroatoms. The van der Waals surface area contributed by atoms with E-state index in [0.717, 1.165) is 44.7 Å². The summed E-state index contributed by atoms with van der Waals surface area (Å²) in [4.78, 5) is 4.97. The molecular weight excluding hydrogens is 1070 g/mol. The Morgan fingerprint density at radius 2 is 1.03 bits per heavy atom. The van der Waals surface area contributed by atoms with Gasteiger partial charge in [0, 0.05) is 66.7 Å². The summed E-state index contributed by atoms with van der Waals surface area (Å²) >= 11 is 0. The molecule has 0 N–H and O–H groups in total. The van der Waals surface area contributed by atoms with E-state index in [2.05, 4.69) is 273 Å². The fraction of sp³-hybridized carbons (Fsp3) is 0.254. The van der Waals surface area contributed by atoms with Crippen molar-refractivity contribution in [3.8, 4) is 28.7 Å². The van der Waals surface area contributed by atoms with Crippen molar-refractivity contribution in [1.29, 1.82) is 0 Å². The minimum atomic E-state index is -0.266. The van der Waals surface area contributed by atoms with Crippen LogP contribution < -0.4 is 9.30 Å². The van der Waals surface area contributed by atoms with Gasteiger partial charge in [0.05, 0.1) is 11.4 Å². The maximum Gasteiger partial charge on any atom is 0.267 e. The molecule has 10 rings (SSSR count). The van der Waals surface area contributed by atoms with Gasteiger partial charge in [0.1, 0.15) is 5.82 Å². The largest absolute Gasteiger partial charge is 0.510 e. The first-order valence-corrected chi connectivity index (χ1v) is 25.3. The molecule has 5 nitrogen and oxygen atoms in total. The topological polar surface area (TPSA) is 35.9 Å². The molecule has 0 unspecified atom stereocenters. The maximum atomic E-state index is 6.78. The SMILES string of the molecule is CC(C)(C)c1ccnc(-n2c3[c-]c(Oc4[c-]c(-n5[c-][n+](-c6cc(C(C)(C)c7ccccc7)cc(C(C)(C)c7ccccc7)c6)cc5C(C)(C)C)ccc4)ccc3c3cc(C(C)(C)c4ccccc4)ccc32)c1.[Pt]. The predicted octanol–water partition coefficient (Wildman–Crippen LogP) is 16.0. The first-order valence-electron chi connectivity index (χ1n) is 25.3. The summed E-state index contributed by atoms with van der Waals surface area (Å²) in [6.45, 7) is 27.3. The maximum absolute atomic E-state index is 6.78. The van der Waals surface area contributed by atoms with Gasteiger partial charge in [0.25, 0.3) is 6.33 Å². The zero-order valence-electron chi connectivity index (χ0n) is 44.3. The fourth-order valence-electron chi connectivity index (χ4n) is 10.1. The van der Waals surface area contributed by atoms with E-state index >= 15 is 0 Å². The van der Waals surface area contributed by atoms with Crippen LogP contribution in [0.1, 0.15) is 128 Å². The van der Waals surface area contributed by atoms with E-state index in [1.807, 2.05) is 24.4 Å². The average Bonchev–Trinajstić information content (AvgIpc) is 3.98. The third-order valence-corrected chi connectivity index (χ3v) is 15.0. The number of nitrogens with zero attached hydrogens (tertiary/aromatic N) is 4. The fourth-order valence-corrected chi connectivity index (χ4v) is 10.1. The number of aromatic nitrogens is 4. The van der Waals surface area contributed by atoms with E-state index in [9.17, 15) is 0 Å². The molecule has 372 valence electrons. The van der Waals surface area contributed by atoms with Crippen molar-refractivity contribution in [2.75, 3.05) is 0 Å². The first kappa shape index (κ1) is 51.1. The quantitative estimate of drug-likeness (QED) is 0.0956. The number of ether oxygens (including phenoxy) is 1. The minimum Gasteiger partial charge on any atom is -0.510 e. The van der Waals surface area contributed by atoms with Crippen molar-refractivity contribution >= 4 is 21.8 Å². The van der Waals surface area contributed by atoms with Crippen molar-refractivity contribution in [2.24, 2.45) is 0 Å². The van der Waals surface area contributed by atoms with Crippen LogP contribution in [-0.2, 0) is 48.1 Å². The van der Waals surface area contributed by atoms with Gasteiger partial charge in [-0.1, -0.05) is 198 Å². The van der Waals surface area contributed by atoms with Crippen LogP contribution in [0.4, 0.5) is 0 Å². The number of hydrogen-bond donors (Lipinski definition) is 0. The van der Waals surface area contributed by atoms with Crippen molar-refractivity contribution in [3.63, 3.8) is 0 Å². The number of fused-ring (bicyclic) bond motifs is 3. The van der Waals surface area contributed by atoms with E-state index in [1.54, 1.807) is 0 Å². The van der Waals surface area contributed by atoms with Crippen LogP contribution in [0.5, 0.6) is 11.5 Å². The molecule has 3 heterocycles. The number of imidazole rings is 1. The van der Waals surface area contributed by atoms with E-state index in [-0.39, 0.29) is 48.1 Å². The number of benzene rings is 7. The van der Waals surface area contributed by atoms with E-state index < -0.39 is 0 Å². The summed E-state index contributed by atoms with van der Waals surface area (Å²) in [5.74, 6) is 2.01. The second kappa shape index (κ2) is 19.2. The monoisotopic (exact) mass is 1140 g/mol. The van der Waals surface area contributed by atoms with Crippen LogP contribution in [-0.4, -0.2) is 14.1 Å². The van der Waals surface area contributed by atoms with Gasteiger partial charge in [0.15, 0.2) is 0 Å². The molecule has 0 atom stereocenters. The van der Waals surface area contributed by atoms with Gasteiger partial charge in [-0.25, -0.2) is 4.98 Å². The van der Waals surface area contributed by atoms with Crippen LogP contribution in [0, 0.1) is 18.5 Å². The Labute approximate surface area is 447 Å². The van der Waals surface area contributed by atoms with E-state index in [1.165, 1.54) is 38.9 Å². The minimum absolute atomic E-state index is 0. The Hall–Kier alpha value is -6.81. The summed E-state index contributed by atoms with van der Waals surface area (Å²) in [5.41, 5.74) is 12.6. The molecule has 3 aromatic heterocycles. The molecule has 0 fully saturated rings. The molecule has 0 saturated carbocycles. The van der Waals surface area contributed by atoms with Gasteiger partial charge in [-0.3, -0.25) is 4.57 Å². The molecule has 0 amide bonds. The Morgan fingerprint density at radius 3 is 1.59 bits per heavy atom. The van der Waals surface area contributed by atoms with Gasteiger partial charge in [-0.2, -0.15) is 18.2 Å². The summed E-state index contributed by atoms with van der Waals surface area (Å²) < 4.78 is 13.3. The second-order valence-electron chi connectivity index (χ2n) is 23.1. The zero-order valence-corrected chi connectivity index (χ0v) is 46.6. The van der Waals surface area contributed by atoms with Crippen molar-refractivity contribution in [3.05, 3.63) is 245 Å². The Morgan fingerprint density at radius 1 is 0.466 bits per heavy atom. The van der Waals surface area contributed by atoms with Gasteiger partial charge in [-0.05, 0) is 91.2 Å². The van der Waals surface area contributed by atoms with Crippen LogP contribution >= 0.6 is 0 Å². The standard InChI is InChI=1S/C67H66N4O.Pt/c1-63(2,3)49-35-36-68-62(41-49)71-59-34-31-50(65(7,8)46-23-16-13-17-24-46)40-58(59)57-33-32-56(43-60(57)71)72-55-30-22-29-53(42-55)70-45-69(44-61(70)64(4,5)6)54-38-51(66(9,10)47-25-18-14-19-26-47)37-52(39-54)67(11,12)48-27-20-15-21-28-48;/h13-41,44H,1-12H3;/q-2;. The second-order valence-corrected chi connectivity index (χ2v) is 23.1. The molecule has 0 bridgehead atoms. The Balaban J connectivity index is 0.00000656. The number of hydrogen-bond acceptors (Lipinski definition) is 2. The summed E-state index contributed by atoms with van der Waals surface area (Å²) in [7, 11) is 0. The molecule has 0 radical (unpaired) electrons. The molecule has 73 heavy (non-hydrogen) atoms. The van der Waals surface area contributed by atoms with E-state index in [0.29, 0.717) is 11.5 Å². The van der Waals surface area contributed by atoms with Crippen molar-refractivity contribution in [2.45, 2.75) is 110 Å². The predicted molar refractivity (Wildman–Crippen MR) is 296 cm³/mol.